The molecule has 4 rings (SSSR count). The fourth-order valence-corrected chi connectivity index (χ4v) is 5.10. The molecule has 0 spiro atoms. The van der Waals surface area contributed by atoms with Gasteiger partial charge in [0, 0.05) is 42.4 Å². The van der Waals surface area contributed by atoms with E-state index in [-0.39, 0.29) is 35.7 Å². The van der Waals surface area contributed by atoms with Gasteiger partial charge in [-0.1, -0.05) is 35.3 Å². The van der Waals surface area contributed by atoms with E-state index in [0.717, 1.165) is 5.56 Å². The van der Waals surface area contributed by atoms with Gasteiger partial charge in [0.1, 0.15) is 11.3 Å². The Labute approximate surface area is 189 Å². The molecule has 1 saturated heterocycles. The number of amides is 2. The summed E-state index contributed by atoms with van der Waals surface area (Å²) in [5.41, 5.74) is 0.987. The average Bonchev–Trinajstić information content (AvgIpc) is 3.14. The molecule has 2 heterocycles. The van der Waals surface area contributed by atoms with Gasteiger partial charge in [0.2, 0.25) is 5.91 Å². The molecule has 1 fully saturated rings. The standard InChI is InChI=1S/C23H19Cl2N3O3/c1-13(29)27-19-10-23(9-14-2-4-15(11-26)5-3-14)21(30)20(22(31)28(23)12-19)16-6-17(24)8-18(25)7-16/h2-8,19,30H,9-10,12H2,1H3,(H,27,29)/t19-,23+/m0/s1. The monoisotopic (exact) mass is 455 g/mol. The Hall–Kier alpha value is -3.01. The van der Waals surface area contributed by atoms with E-state index in [1.807, 2.05) is 12.1 Å². The van der Waals surface area contributed by atoms with Gasteiger partial charge in [0.25, 0.3) is 5.91 Å². The van der Waals surface area contributed by atoms with E-state index in [1.54, 1.807) is 35.2 Å². The van der Waals surface area contributed by atoms with Gasteiger partial charge in [0.05, 0.1) is 17.2 Å². The summed E-state index contributed by atoms with van der Waals surface area (Å²) in [4.78, 5) is 26.7. The highest BCUT2D eigenvalue weighted by atomic mass is 35.5. The topological polar surface area (TPSA) is 93.4 Å². The Morgan fingerprint density at radius 1 is 1.26 bits per heavy atom. The molecule has 2 amide bonds. The average molecular weight is 456 g/mol. The lowest BCUT2D eigenvalue weighted by Gasteiger charge is -2.32. The number of hydrogen-bond donors (Lipinski definition) is 2. The number of rotatable bonds is 4. The van der Waals surface area contributed by atoms with Gasteiger partial charge < -0.3 is 15.3 Å². The highest BCUT2D eigenvalue weighted by molar-refractivity contribution is 6.35. The Morgan fingerprint density at radius 2 is 1.90 bits per heavy atom. The molecule has 0 radical (unpaired) electrons. The van der Waals surface area contributed by atoms with E-state index < -0.39 is 5.54 Å². The normalized spacial score (nSPS) is 22.5. The van der Waals surface area contributed by atoms with E-state index in [4.69, 9.17) is 28.5 Å². The van der Waals surface area contributed by atoms with Crippen molar-refractivity contribution in [2.24, 2.45) is 0 Å². The lowest BCUT2D eigenvalue weighted by atomic mass is 9.85. The Bertz CT molecular complexity index is 1130. The molecule has 2 aliphatic rings. The first-order chi connectivity index (χ1) is 14.7. The molecule has 0 unspecified atom stereocenters. The van der Waals surface area contributed by atoms with Crippen molar-refractivity contribution in [1.82, 2.24) is 10.2 Å². The zero-order valence-corrected chi connectivity index (χ0v) is 18.2. The van der Waals surface area contributed by atoms with Crippen molar-refractivity contribution in [2.75, 3.05) is 6.54 Å². The quantitative estimate of drug-likeness (QED) is 0.731. The van der Waals surface area contributed by atoms with Crippen LogP contribution < -0.4 is 5.32 Å². The number of halogens is 2. The number of aliphatic hydroxyl groups is 1. The third-order valence-corrected chi connectivity index (χ3v) is 6.21. The van der Waals surface area contributed by atoms with Crippen LogP contribution >= 0.6 is 23.2 Å². The van der Waals surface area contributed by atoms with E-state index in [0.29, 0.717) is 34.0 Å². The maximum atomic E-state index is 13.4. The molecule has 2 aliphatic heterocycles. The van der Waals surface area contributed by atoms with Crippen molar-refractivity contribution in [3.05, 3.63) is 75.0 Å². The number of nitrogens with one attached hydrogen (secondary N) is 1. The number of aliphatic hydroxyl groups excluding tert-OH is 1. The van der Waals surface area contributed by atoms with Crippen LogP contribution in [0, 0.1) is 11.3 Å². The van der Waals surface area contributed by atoms with Crippen LogP contribution in [0.25, 0.3) is 5.57 Å². The van der Waals surface area contributed by atoms with Gasteiger partial charge in [0.15, 0.2) is 0 Å². The number of nitriles is 1. The second-order valence-corrected chi connectivity index (χ2v) is 8.79. The molecule has 0 aliphatic carbocycles. The lowest BCUT2D eigenvalue weighted by molar-refractivity contribution is -0.127. The molecule has 2 N–H and O–H groups in total. The Morgan fingerprint density at radius 3 is 2.48 bits per heavy atom. The summed E-state index contributed by atoms with van der Waals surface area (Å²) >= 11 is 12.3. The third-order valence-electron chi connectivity index (χ3n) is 5.78. The van der Waals surface area contributed by atoms with Gasteiger partial charge in [-0.25, -0.2) is 0 Å². The lowest BCUT2D eigenvalue weighted by Crippen LogP contribution is -2.45. The molecule has 0 bridgehead atoms. The molecule has 2 atom stereocenters. The maximum absolute atomic E-state index is 13.4. The van der Waals surface area contributed by atoms with Crippen LogP contribution in [-0.2, 0) is 16.0 Å². The minimum absolute atomic E-state index is 0.0620. The van der Waals surface area contributed by atoms with Crippen LogP contribution in [0.4, 0.5) is 0 Å². The van der Waals surface area contributed by atoms with Gasteiger partial charge in [-0.15, -0.1) is 0 Å². The zero-order valence-electron chi connectivity index (χ0n) is 16.7. The summed E-state index contributed by atoms with van der Waals surface area (Å²) in [6, 6.07) is 13.6. The molecule has 2 aromatic rings. The maximum Gasteiger partial charge on any atom is 0.258 e. The fraction of sp³-hybridized carbons (Fsp3) is 0.261. The summed E-state index contributed by atoms with van der Waals surface area (Å²) in [7, 11) is 0. The minimum atomic E-state index is -1.01. The highest BCUT2D eigenvalue weighted by Crippen LogP contribution is 2.48. The van der Waals surface area contributed by atoms with Crippen LogP contribution in [0.2, 0.25) is 10.0 Å². The molecule has 2 aromatic carbocycles. The fourth-order valence-electron chi connectivity index (χ4n) is 4.58. The highest BCUT2D eigenvalue weighted by Gasteiger charge is 2.57. The van der Waals surface area contributed by atoms with Crippen molar-refractivity contribution < 1.29 is 14.7 Å². The summed E-state index contributed by atoms with van der Waals surface area (Å²) in [6.07, 6.45) is 0.701. The van der Waals surface area contributed by atoms with Crippen LogP contribution in [0.15, 0.2) is 48.2 Å². The van der Waals surface area contributed by atoms with Crippen LogP contribution in [0.5, 0.6) is 0 Å². The SMILES string of the molecule is CC(=O)N[C@@H]1CN2C(=O)C(c3cc(Cl)cc(Cl)c3)=C(O)[C@@]2(Cc2ccc(C#N)cc2)C1. The summed E-state index contributed by atoms with van der Waals surface area (Å²) in [6.45, 7) is 1.70. The number of benzene rings is 2. The van der Waals surface area contributed by atoms with Crippen LogP contribution in [0.1, 0.15) is 30.0 Å². The van der Waals surface area contributed by atoms with Crippen molar-refractivity contribution in [3.8, 4) is 6.07 Å². The van der Waals surface area contributed by atoms with Crippen molar-refractivity contribution >= 4 is 40.6 Å². The predicted molar refractivity (Wildman–Crippen MR) is 118 cm³/mol. The van der Waals surface area contributed by atoms with Gasteiger partial charge in [-0.3, -0.25) is 9.59 Å². The first kappa shape index (κ1) is 21.2. The van der Waals surface area contributed by atoms with Crippen molar-refractivity contribution in [2.45, 2.75) is 31.3 Å². The summed E-state index contributed by atoms with van der Waals surface area (Å²) in [5.74, 6) is -0.595. The van der Waals surface area contributed by atoms with Crippen molar-refractivity contribution in [3.63, 3.8) is 0 Å². The van der Waals surface area contributed by atoms with E-state index in [9.17, 15) is 14.7 Å². The molecule has 158 valence electrons. The summed E-state index contributed by atoms with van der Waals surface area (Å²) in [5, 5.41) is 24.0. The molecular weight excluding hydrogens is 437 g/mol. The molecule has 0 saturated carbocycles. The van der Waals surface area contributed by atoms with E-state index in [2.05, 4.69) is 11.4 Å². The number of carbonyl (C=O) groups is 2. The van der Waals surface area contributed by atoms with Gasteiger partial charge >= 0.3 is 0 Å². The number of fused-ring (bicyclic) bond motifs is 1. The first-order valence-electron chi connectivity index (χ1n) is 9.72. The smallest absolute Gasteiger partial charge is 0.258 e. The number of nitrogens with zero attached hydrogens (tertiary/aromatic N) is 2. The molecule has 0 aromatic heterocycles. The Balaban J connectivity index is 1.81. The molecule has 31 heavy (non-hydrogen) atoms. The predicted octanol–water partition coefficient (Wildman–Crippen LogP) is 3.87. The zero-order chi connectivity index (χ0) is 22.3. The van der Waals surface area contributed by atoms with E-state index >= 15 is 0 Å². The van der Waals surface area contributed by atoms with Gasteiger partial charge in [-0.2, -0.15) is 5.26 Å². The van der Waals surface area contributed by atoms with Gasteiger partial charge in [-0.05, 0) is 41.5 Å². The summed E-state index contributed by atoms with van der Waals surface area (Å²) < 4.78 is 0. The van der Waals surface area contributed by atoms with Crippen LogP contribution in [-0.4, -0.2) is 39.9 Å². The largest absolute Gasteiger partial charge is 0.509 e. The third kappa shape index (κ3) is 3.76. The molecule has 6 nitrogen and oxygen atoms in total. The van der Waals surface area contributed by atoms with E-state index in [1.165, 1.54) is 6.92 Å². The Kier molecular flexibility index (Phi) is 5.42. The van der Waals surface area contributed by atoms with Crippen molar-refractivity contribution in [1.29, 1.82) is 5.26 Å². The minimum Gasteiger partial charge on any atom is -0.509 e. The first-order valence-corrected chi connectivity index (χ1v) is 10.5. The molecule has 8 heteroatoms. The number of hydrogen-bond acceptors (Lipinski definition) is 4. The van der Waals surface area contributed by atoms with Crippen LogP contribution in [0.3, 0.4) is 0 Å². The molecular formula is C23H19Cl2N3O3. The second kappa shape index (κ2) is 7.92. The number of carbonyl (C=O) groups excluding carboxylic acids is 2. The second-order valence-electron chi connectivity index (χ2n) is 7.92.